The molecule has 0 rings (SSSR count). The maximum atomic E-state index is 11.6. The molecule has 4 heteroatoms. The van der Waals surface area contributed by atoms with Crippen molar-refractivity contribution in [2.45, 2.75) is 27.7 Å². The minimum Gasteiger partial charge on any atom is -0.469 e. The molecule has 0 saturated heterocycles. The van der Waals surface area contributed by atoms with Gasteiger partial charge in [0.05, 0.1) is 19.1 Å². The number of esters is 1. The summed E-state index contributed by atoms with van der Waals surface area (Å²) < 4.78 is 9.93. The Morgan fingerprint density at radius 2 is 1.88 bits per heavy atom. The maximum absolute atomic E-state index is 11.6. The van der Waals surface area contributed by atoms with E-state index in [-0.39, 0.29) is 5.97 Å². The zero-order chi connectivity index (χ0) is 13.5. The molecule has 0 N–H and O–H groups in total. The Labute approximate surface area is 105 Å². The lowest BCUT2D eigenvalue weighted by Crippen LogP contribution is -2.42. The van der Waals surface area contributed by atoms with Gasteiger partial charge in [-0.05, 0) is 19.8 Å². The highest BCUT2D eigenvalue weighted by molar-refractivity contribution is 5.76. The summed E-state index contributed by atoms with van der Waals surface area (Å²) in [5.74, 6) is 0.406. The van der Waals surface area contributed by atoms with Gasteiger partial charge >= 0.3 is 5.97 Å². The fourth-order valence-electron chi connectivity index (χ4n) is 1.87. The van der Waals surface area contributed by atoms with Crippen molar-refractivity contribution in [3.8, 4) is 0 Å². The highest BCUT2D eigenvalue weighted by Crippen LogP contribution is 2.19. The van der Waals surface area contributed by atoms with Crippen LogP contribution in [-0.2, 0) is 14.3 Å². The van der Waals surface area contributed by atoms with Gasteiger partial charge in [0.1, 0.15) is 0 Å². The Morgan fingerprint density at radius 3 is 2.29 bits per heavy atom. The molecule has 0 aliphatic carbocycles. The molecular formula is C13H27NO3. The molecule has 17 heavy (non-hydrogen) atoms. The van der Waals surface area contributed by atoms with Gasteiger partial charge in [-0.15, -0.1) is 0 Å². The lowest BCUT2D eigenvalue weighted by Gasteiger charge is -2.31. The fraction of sp³-hybridized carbons (Fsp3) is 0.923. The molecule has 0 aliphatic heterocycles. The van der Waals surface area contributed by atoms with Crippen LogP contribution >= 0.6 is 0 Å². The van der Waals surface area contributed by atoms with Crippen LogP contribution in [0.4, 0.5) is 0 Å². The first-order valence-corrected chi connectivity index (χ1v) is 6.13. The highest BCUT2D eigenvalue weighted by Gasteiger charge is 2.31. The first-order chi connectivity index (χ1) is 7.83. The minimum atomic E-state index is -0.475. The lowest BCUT2D eigenvalue weighted by atomic mass is 9.92. The third kappa shape index (κ3) is 6.64. The molecule has 0 spiro atoms. The second-order valence-electron chi connectivity index (χ2n) is 5.50. The summed E-state index contributed by atoms with van der Waals surface area (Å²) in [5.41, 5.74) is -0.475. The summed E-state index contributed by atoms with van der Waals surface area (Å²) in [7, 11) is 3.13. The van der Waals surface area contributed by atoms with Crippen molar-refractivity contribution >= 4 is 5.97 Å². The summed E-state index contributed by atoms with van der Waals surface area (Å²) in [4.78, 5) is 13.9. The van der Waals surface area contributed by atoms with E-state index in [2.05, 4.69) is 18.7 Å². The van der Waals surface area contributed by atoms with Crippen molar-refractivity contribution in [1.82, 2.24) is 4.90 Å². The number of rotatable bonds is 8. The van der Waals surface area contributed by atoms with Crippen molar-refractivity contribution in [3.05, 3.63) is 0 Å². The van der Waals surface area contributed by atoms with Crippen LogP contribution in [0.2, 0.25) is 0 Å². The van der Waals surface area contributed by atoms with E-state index in [0.29, 0.717) is 19.1 Å². The van der Waals surface area contributed by atoms with Crippen LogP contribution in [0.3, 0.4) is 0 Å². The molecule has 0 aliphatic rings. The van der Waals surface area contributed by atoms with Crippen LogP contribution < -0.4 is 0 Å². The van der Waals surface area contributed by atoms with Gasteiger partial charge in [0.2, 0.25) is 0 Å². The lowest BCUT2D eigenvalue weighted by molar-refractivity contribution is -0.152. The average molecular weight is 245 g/mol. The SMILES string of the molecule is COCCN(CC(C)C)CC(C)(C)C(=O)OC. The van der Waals surface area contributed by atoms with E-state index in [1.165, 1.54) is 7.11 Å². The van der Waals surface area contributed by atoms with Crippen molar-refractivity contribution in [2.24, 2.45) is 11.3 Å². The second kappa shape index (κ2) is 7.67. The molecule has 102 valence electrons. The minimum absolute atomic E-state index is 0.163. The van der Waals surface area contributed by atoms with E-state index in [0.717, 1.165) is 13.1 Å². The molecule has 4 nitrogen and oxygen atoms in total. The van der Waals surface area contributed by atoms with Crippen LogP contribution in [0.1, 0.15) is 27.7 Å². The predicted octanol–water partition coefficient (Wildman–Crippen LogP) is 1.79. The molecule has 0 unspecified atom stereocenters. The topological polar surface area (TPSA) is 38.8 Å². The summed E-state index contributed by atoms with van der Waals surface area (Å²) in [5, 5.41) is 0. The third-order valence-electron chi connectivity index (χ3n) is 2.59. The van der Waals surface area contributed by atoms with E-state index >= 15 is 0 Å². The van der Waals surface area contributed by atoms with Gasteiger partial charge in [0.15, 0.2) is 0 Å². The van der Waals surface area contributed by atoms with Crippen molar-refractivity contribution < 1.29 is 14.3 Å². The van der Waals surface area contributed by atoms with Gasteiger partial charge in [-0.1, -0.05) is 13.8 Å². The van der Waals surface area contributed by atoms with Gasteiger partial charge in [0.25, 0.3) is 0 Å². The Balaban J connectivity index is 4.44. The first kappa shape index (κ1) is 16.4. The largest absolute Gasteiger partial charge is 0.469 e. The molecule has 0 atom stereocenters. The molecular weight excluding hydrogens is 218 g/mol. The Kier molecular flexibility index (Phi) is 7.39. The van der Waals surface area contributed by atoms with Crippen LogP contribution in [0, 0.1) is 11.3 Å². The number of methoxy groups -OCH3 is 2. The number of carbonyl (C=O) groups excluding carboxylic acids is 1. The predicted molar refractivity (Wildman–Crippen MR) is 69.0 cm³/mol. The smallest absolute Gasteiger partial charge is 0.312 e. The first-order valence-electron chi connectivity index (χ1n) is 6.13. The monoisotopic (exact) mass is 245 g/mol. The average Bonchev–Trinajstić information content (AvgIpc) is 2.23. The van der Waals surface area contributed by atoms with Crippen LogP contribution in [0.25, 0.3) is 0 Å². The van der Waals surface area contributed by atoms with Crippen molar-refractivity contribution in [3.63, 3.8) is 0 Å². The van der Waals surface area contributed by atoms with Gasteiger partial charge in [-0.25, -0.2) is 0 Å². The summed E-state index contributed by atoms with van der Waals surface area (Å²) in [6.07, 6.45) is 0. The van der Waals surface area contributed by atoms with Gasteiger partial charge in [-0.2, -0.15) is 0 Å². The summed E-state index contributed by atoms with van der Waals surface area (Å²) in [6.45, 7) is 11.4. The zero-order valence-electron chi connectivity index (χ0n) is 12.1. The van der Waals surface area contributed by atoms with Crippen LogP contribution in [-0.4, -0.2) is 51.3 Å². The van der Waals surface area contributed by atoms with E-state index in [9.17, 15) is 4.79 Å². The standard InChI is InChI=1S/C13H27NO3/c1-11(2)9-14(7-8-16-5)10-13(3,4)12(15)17-6/h11H,7-10H2,1-6H3. The molecule has 0 fully saturated rings. The van der Waals surface area contributed by atoms with E-state index < -0.39 is 5.41 Å². The maximum Gasteiger partial charge on any atom is 0.312 e. The molecule has 0 amide bonds. The van der Waals surface area contributed by atoms with Gasteiger partial charge in [0, 0.05) is 26.7 Å². The van der Waals surface area contributed by atoms with E-state index in [4.69, 9.17) is 9.47 Å². The highest BCUT2D eigenvalue weighted by atomic mass is 16.5. The number of nitrogens with zero attached hydrogens (tertiary/aromatic N) is 1. The van der Waals surface area contributed by atoms with Gasteiger partial charge in [-0.3, -0.25) is 9.69 Å². The molecule has 0 bridgehead atoms. The van der Waals surface area contributed by atoms with E-state index in [1.54, 1.807) is 7.11 Å². The second-order valence-corrected chi connectivity index (χ2v) is 5.50. The molecule has 0 aromatic carbocycles. The fourth-order valence-corrected chi connectivity index (χ4v) is 1.87. The number of hydrogen-bond donors (Lipinski definition) is 0. The molecule has 0 saturated carbocycles. The Hall–Kier alpha value is -0.610. The Bertz CT molecular complexity index is 227. The molecule has 0 radical (unpaired) electrons. The zero-order valence-corrected chi connectivity index (χ0v) is 12.1. The molecule has 0 aromatic heterocycles. The summed E-state index contributed by atoms with van der Waals surface area (Å²) in [6, 6.07) is 0. The third-order valence-corrected chi connectivity index (χ3v) is 2.59. The Morgan fingerprint density at radius 1 is 1.29 bits per heavy atom. The number of carbonyl (C=O) groups is 1. The molecule has 0 heterocycles. The number of hydrogen-bond acceptors (Lipinski definition) is 4. The van der Waals surface area contributed by atoms with Gasteiger partial charge < -0.3 is 9.47 Å². The normalized spacial score (nSPS) is 12.2. The van der Waals surface area contributed by atoms with Crippen LogP contribution in [0.15, 0.2) is 0 Å². The molecule has 0 aromatic rings. The van der Waals surface area contributed by atoms with Crippen LogP contribution in [0.5, 0.6) is 0 Å². The number of ether oxygens (including phenoxy) is 2. The van der Waals surface area contributed by atoms with Crippen molar-refractivity contribution in [1.29, 1.82) is 0 Å². The quantitative estimate of drug-likeness (QED) is 0.611. The summed E-state index contributed by atoms with van der Waals surface area (Å²) >= 11 is 0. The van der Waals surface area contributed by atoms with Crippen molar-refractivity contribution in [2.75, 3.05) is 40.5 Å². The van der Waals surface area contributed by atoms with E-state index in [1.807, 2.05) is 13.8 Å².